The van der Waals surface area contributed by atoms with Gasteiger partial charge in [-0.1, -0.05) is 123 Å². The first kappa shape index (κ1) is 26.2. The van der Waals surface area contributed by atoms with Crippen LogP contribution in [0.3, 0.4) is 0 Å². The molecular weight excluding hydrogens is 350 g/mol. The molecule has 1 atom stereocenters. The number of pyridine rings is 1. The van der Waals surface area contributed by atoms with Gasteiger partial charge >= 0.3 is 0 Å². The highest BCUT2D eigenvalue weighted by atomic mass is 15.0. The van der Waals surface area contributed by atoms with E-state index in [9.17, 15) is 0 Å². The van der Waals surface area contributed by atoms with E-state index in [1.807, 2.05) is 0 Å². The maximum atomic E-state index is 2.48. The fourth-order valence-corrected chi connectivity index (χ4v) is 4.48. The molecule has 0 N–H and O–H groups in total. The molecule has 1 aromatic rings. The number of rotatable bonds is 21. The van der Waals surface area contributed by atoms with Gasteiger partial charge in [0.2, 0.25) is 0 Å². The highest BCUT2D eigenvalue weighted by molar-refractivity contribution is 4.84. The van der Waals surface area contributed by atoms with Crippen LogP contribution in [0.4, 0.5) is 0 Å². The summed E-state index contributed by atoms with van der Waals surface area (Å²) in [5.41, 5.74) is 0. The van der Waals surface area contributed by atoms with Crippen molar-refractivity contribution >= 4 is 0 Å². The maximum absolute atomic E-state index is 2.48. The van der Waals surface area contributed by atoms with Crippen molar-refractivity contribution in [3.8, 4) is 0 Å². The van der Waals surface area contributed by atoms with Crippen LogP contribution in [0.5, 0.6) is 0 Å². The Labute approximate surface area is 183 Å². The van der Waals surface area contributed by atoms with Gasteiger partial charge in [-0.15, -0.1) is 0 Å². The third-order valence-corrected chi connectivity index (χ3v) is 6.44. The molecule has 1 aromatic heterocycles. The molecule has 0 saturated carbocycles. The first-order chi connectivity index (χ1) is 14.4. The van der Waals surface area contributed by atoms with E-state index in [2.05, 4.69) is 49.0 Å². The Balaban J connectivity index is 2.12. The smallest absolute Gasteiger partial charge is 0.169 e. The van der Waals surface area contributed by atoms with Gasteiger partial charge < -0.3 is 0 Å². The van der Waals surface area contributed by atoms with Crippen LogP contribution < -0.4 is 4.57 Å². The molecule has 0 spiro atoms. The summed E-state index contributed by atoms with van der Waals surface area (Å²) in [5, 5.41) is 0. The van der Waals surface area contributed by atoms with E-state index in [0.717, 1.165) is 0 Å². The summed E-state index contributed by atoms with van der Waals surface area (Å²) in [6.07, 6.45) is 33.0. The molecule has 0 amide bonds. The van der Waals surface area contributed by atoms with Gasteiger partial charge in [0.25, 0.3) is 0 Å². The lowest BCUT2D eigenvalue weighted by Crippen LogP contribution is -2.38. The third kappa shape index (κ3) is 15.6. The molecule has 1 nitrogen and oxygen atoms in total. The molecule has 0 fully saturated rings. The third-order valence-electron chi connectivity index (χ3n) is 6.44. The topological polar surface area (TPSA) is 3.88 Å². The van der Waals surface area contributed by atoms with Gasteiger partial charge in [0.15, 0.2) is 18.4 Å². The average Bonchev–Trinajstić information content (AvgIpc) is 2.76. The Morgan fingerprint density at radius 3 is 1.17 bits per heavy atom. The Morgan fingerprint density at radius 2 is 0.793 bits per heavy atom. The average molecular weight is 403 g/mol. The van der Waals surface area contributed by atoms with Crippen molar-refractivity contribution < 1.29 is 4.57 Å². The predicted molar refractivity (Wildman–Crippen MR) is 129 cm³/mol. The molecule has 0 radical (unpaired) electrons. The highest BCUT2D eigenvalue weighted by Gasteiger charge is 2.16. The molecule has 1 rings (SSSR count). The number of hydrogen-bond acceptors (Lipinski definition) is 0. The van der Waals surface area contributed by atoms with Crippen molar-refractivity contribution in [2.24, 2.45) is 0 Å². The number of aromatic nitrogens is 1. The first-order valence-corrected chi connectivity index (χ1v) is 13.3. The van der Waals surface area contributed by atoms with E-state index in [1.165, 1.54) is 128 Å². The second-order valence-corrected chi connectivity index (χ2v) is 9.21. The van der Waals surface area contributed by atoms with Crippen LogP contribution in [0.2, 0.25) is 0 Å². The van der Waals surface area contributed by atoms with E-state index >= 15 is 0 Å². The van der Waals surface area contributed by atoms with E-state index in [-0.39, 0.29) is 0 Å². The number of unbranched alkanes of at least 4 members (excludes halogenated alkanes) is 16. The molecule has 0 aromatic carbocycles. The summed E-state index contributed by atoms with van der Waals surface area (Å²) in [6, 6.07) is 7.24. The van der Waals surface area contributed by atoms with Crippen molar-refractivity contribution in [2.75, 3.05) is 0 Å². The molecule has 1 heteroatoms. The van der Waals surface area contributed by atoms with Crippen molar-refractivity contribution in [1.29, 1.82) is 0 Å². The van der Waals surface area contributed by atoms with Gasteiger partial charge in [-0.2, -0.15) is 0 Å². The monoisotopic (exact) mass is 402 g/mol. The molecule has 0 aliphatic carbocycles. The summed E-state index contributed by atoms with van der Waals surface area (Å²) in [6.45, 7) is 4.60. The lowest BCUT2D eigenvalue weighted by molar-refractivity contribution is -0.724. The lowest BCUT2D eigenvalue weighted by atomic mass is 9.99. The molecule has 168 valence electrons. The molecular formula is C28H52N+. The minimum atomic E-state index is 0.713. The van der Waals surface area contributed by atoms with E-state index < -0.39 is 0 Å². The lowest BCUT2D eigenvalue weighted by Gasteiger charge is -2.13. The van der Waals surface area contributed by atoms with Gasteiger partial charge in [0.1, 0.15) is 0 Å². The highest BCUT2D eigenvalue weighted by Crippen LogP contribution is 2.20. The largest absolute Gasteiger partial charge is 0.202 e. The zero-order valence-electron chi connectivity index (χ0n) is 20.1. The van der Waals surface area contributed by atoms with Gasteiger partial charge in [0, 0.05) is 25.0 Å². The second-order valence-electron chi connectivity index (χ2n) is 9.21. The minimum Gasteiger partial charge on any atom is -0.202 e. The van der Waals surface area contributed by atoms with Gasteiger partial charge in [-0.05, 0) is 12.8 Å². The normalized spacial score (nSPS) is 12.3. The van der Waals surface area contributed by atoms with Crippen molar-refractivity contribution in [3.05, 3.63) is 30.6 Å². The number of nitrogens with zero attached hydrogens (tertiary/aromatic N) is 1. The maximum Gasteiger partial charge on any atom is 0.169 e. The van der Waals surface area contributed by atoms with Crippen molar-refractivity contribution in [2.45, 2.75) is 148 Å². The van der Waals surface area contributed by atoms with E-state index in [0.29, 0.717) is 6.04 Å². The van der Waals surface area contributed by atoms with Crippen LogP contribution in [0.25, 0.3) is 0 Å². The quantitative estimate of drug-likeness (QED) is 0.142. The SMILES string of the molecule is CCCCCCCCCCCCC(CCCCCCCCCC)[n+]1ccccc1. The summed E-state index contributed by atoms with van der Waals surface area (Å²) < 4.78 is 2.48. The molecule has 0 aliphatic rings. The Kier molecular flexibility index (Phi) is 18.4. The Morgan fingerprint density at radius 1 is 0.448 bits per heavy atom. The molecule has 1 unspecified atom stereocenters. The zero-order valence-corrected chi connectivity index (χ0v) is 20.1. The van der Waals surface area contributed by atoms with Gasteiger partial charge in [-0.25, -0.2) is 4.57 Å². The predicted octanol–water partition coefficient (Wildman–Crippen LogP) is 9.36. The van der Waals surface area contributed by atoms with Crippen molar-refractivity contribution in [1.82, 2.24) is 0 Å². The van der Waals surface area contributed by atoms with Crippen LogP contribution in [-0.4, -0.2) is 0 Å². The summed E-state index contributed by atoms with van der Waals surface area (Å²) in [5.74, 6) is 0. The fraction of sp³-hybridized carbons (Fsp3) is 0.821. The van der Waals surface area contributed by atoms with Crippen LogP contribution in [0.15, 0.2) is 30.6 Å². The molecule has 0 aliphatic heterocycles. The molecule has 0 bridgehead atoms. The summed E-state index contributed by atoms with van der Waals surface area (Å²) in [7, 11) is 0. The first-order valence-electron chi connectivity index (χ1n) is 13.3. The molecule has 29 heavy (non-hydrogen) atoms. The Bertz CT molecular complexity index is 427. The molecule has 1 heterocycles. The summed E-state index contributed by atoms with van der Waals surface area (Å²) in [4.78, 5) is 0. The molecule has 0 saturated heterocycles. The van der Waals surface area contributed by atoms with Crippen molar-refractivity contribution in [3.63, 3.8) is 0 Å². The van der Waals surface area contributed by atoms with Gasteiger partial charge in [0.05, 0.1) is 0 Å². The number of hydrogen-bond donors (Lipinski definition) is 0. The fourth-order valence-electron chi connectivity index (χ4n) is 4.48. The zero-order chi connectivity index (χ0) is 20.8. The minimum absolute atomic E-state index is 0.713. The van der Waals surface area contributed by atoms with E-state index in [1.54, 1.807) is 0 Å². The second kappa shape index (κ2) is 20.4. The van der Waals surface area contributed by atoms with Crippen LogP contribution >= 0.6 is 0 Å². The van der Waals surface area contributed by atoms with E-state index in [4.69, 9.17) is 0 Å². The van der Waals surface area contributed by atoms with Gasteiger partial charge in [-0.3, -0.25) is 0 Å². The standard InChI is InChI=1S/C28H52N/c1-3-5-7-9-11-13-14-16-18-21-25-28(29-26-22-19-23-27-29)24-20-17-15-12-10-8-6-4-2/h19,22-23,26-28H,3-18,20-21,24-25H2,1-2H3/q+1. The van der Waals surface area contributed by atoms with Crippen LogP contribution in [-0.2, 0) is 0 Å². The van der Waals surface area contributed by atoms with Crippen LogP contribution in [0.1, 0.15) is 148 Å². The van der Waals surface area contributed by atoms with Crippen LogP contribution in [0, 0.1) is 0 Å². The Hall–Kier alpha value is -0.850. The summed E-state index contributed by atoms with van der Waals surface area (Å²) >= 11 is 0.